The molecule has 142 valence electrons. The van der Waals surface area contributed by atoms with Gasteiger partial charge in [-0.3, -0.25) is 4.79 Å². The SMILES string of the molecule is CN(C(=O)CC(F)(F)F)C1CCN(c2nc[nH]c3cnc4nccc4c23)C1. The molecule has 1 unspecified atom stereocenters. The maximum Gasteiger partial charge on any atom is 0.397 e. The van der Waals surface area contributed by atoms with Crippen molar-refractivity contribution < 1.29 is 18.0 Å². The van der Waals surface area contributed by atoms with E-state index in [1.54, 1.807) is 18.7 Å². The average Bonchev–Trinajstić information content (AvgIpc) is 3.28. The van der Waals surface area contributed by atoms with Gasteiger partial charge in [-0.15, -0.1) is 0 Å². The minimum atomic E-state index is -4.50. The molecule has 4 rings (SSSR count). The molecule has 7 nitrogen and oxygen atoms in total. The Balaban J connectivity index is 1.61. The predicted octanol–water partition coefficient (Wildman–Crippen LogP) is 2.50. The van der Waals surface area contributed by atoms with E-state index in [1.165, 1.54) is 11.9 Å². The van der Waals surface area contributed by atoms with Crippen LogP contribution < -0.4 is 4.90 Å². The lowest BCUT2D eigenvalue weighted by molar-refractivity contribution is -0.161. The maximum atomic E-state index is 12.5. The van der Waals surface area contributed by atoms with Crippen molar-refractivity contribution in [1.29, 1.82) is 0 Å². The van der Waals surface area contributed by atoms with Crippen molar-refractivity contribution in [2.75, 3.05) is 25.0 Å². The van der Waals surface area contributed by atoms with Crippen LogP contribution in [0.5, 0.6) is 0 Å². The highest BCUT2D eigenvalue weighted by atomic mass is 19.4. The Kier molecular flexibility index (Phi) is 4.12. The first kappa shape index (κ1) is 17.5. The fourth-order valence-electron chi connectivity index (χ4n) is 3.53. The summed E-state index contributed by atoms with van der Waals surface area (Å²) in [4.78, 5) is 31.1. The van der Waals surface area contributed by atoms with E-state index in [0.29, 0.717) is 31.0 Å². The highest BCUT2D eigenvalue weighted by Gasteiger charge is 2.36. The number of aromatic nitrogens is 4. The number of aromatic amines is 1. The molecular formula is C17H17F3N6O. The van der Waals surface area contributed by atoms with Crippen molar-refractivity contribution in [3.63, 3.8) is 0 Å². The first-order valence-corrected chi connectivity index (χ1v) is 8.47. The summed E-state index contributed by atoms with van der Waals surface area (Å²) in [5, 5.41) is 1.72. The Morgan fingerprint density at radius 2 is 2.19 bits per heavy atom. The molecule has 0 bridgehead atoms. The minimum Gasteiger partial charge on any atom is -0.354 e. The molecule has 1 N–H and O–H groups in total. The number of alkyl halides is 3. The Hall–Kier alpha value is -2.91. The van der Waals surface area contributed by atoms with Gasteiger partial charge >= 0.3 is 6.18 Å². The Morgan fingerprint density at radius 1 is 1.37 bits per heavy atom. The quantitative estimate of drug-likeness (QED) is 0.758. The normalized spacial score (nSPS) is 17.8. The van der Waals surface area contributed by atoms with Gasteiger partial charge < -0.3 is 14.8 Å². The number of halogens is 3. The summed E-state index contributed by atoms with van der Waals surface area (Å²) in [7, 11) is 1.43. The number of carbonyl (C=O) groups excluding carboxylic acids is 1. The van der Waals surface area contributed by atoms with E-state index in [4.69, 9.17) is 0 Å². The fourth-order valence-corrected chi connectivity index (χ4v) is 3.53. The third kappa shape index (κ3) is 3.26. The number of H-pyrrole nitrogens is 1. The number of likely N-dealkylation sites (N-methyl/N-ethyl adjacent to an activating group) is 1. The lowest BCUT2D eigenvalue weighted by Crippen LogP contribution is -2.40. The number of amides is 1. The van der Waals surface area contributed by atoms with Crippen molar-refractivity contribution in [1.82, 2.24) is 24.8 Å². The molecule has 3 aromatic heterocycles. The van der Waals surface area contributed by atoms with Gasteiger partial charge in [0.15, 0.2) is 5.65 Å². The number of nitrogens with zero attached hydrogens (tertiary/aromatic N) is 5. The summed E-state index contributed by atoms with van der Waals surface area (Å²) in [5.41, 5.74) is 1.41. The summed E-state index contributed by atoms with van der Waals surface area (Å²) in [5.74, 6) is -0.205. The molecule has 10 heteroatoms. The Morgan fingerprint density at radius 3 is 2.96 bits per heavy atom. The molecule has 1 fully saturated rings. The molecule has 27 heavy (non-hydrogen) atoms. The summed E-state index contributed by atoms with van der Waals surface area (Å²) in [6.07, 6.45) is -0.442. The maximum absolute atomic E-state index is 12.5. The molecule has 0 aromatic carbocycles. The average molecular weight is 378 g/mol. The third-order valence-electron chi connectivity index (χ3n) is 4.92. The van der Waals surface area contributed by atoms with Crippen molar-refractivity contribution >= 4 is 33.7 Å². The van der Waals surface area contributed by atoms with Gasteiger partial charge in [-0.1, -0.05) is 0 Å². The molecule has 1 atom stereocenters. The molecule has 3 aromatic rings. The standard InChI is InChI=1S/C17H17F3N6O/c1-25(13(27)6-17(18,19)20)10-3-5-26(8-10)16-14-11-2-4-21-15(11)22-7-12(14)23-9-24-16/h2,4,7,9-10H,3,5-6,8H2,1H3,(H,23,24). The first-order valence-electron chi connectivity index (χ1n) is 8.47. The van der Waals surface area contributed by atoms with Crippen LogP contribution in [0.3, 0.4) is 0 Å². The van der Waals surface area contributed by atoms with Gasteiger partial charge in [0.25, 0.3) is 0 Å². The number of rotatable bonds is 3. The van der Waals surface area contributed by atoms with Crippen molar-refractivity contribution in [3.8, 4) is 0 Å². The minimum absolute atomic E-state index is 0.295. The third-order valence-corrected chi connectivity index (χ3v) is 4.92. The number of hydrogen-bond donors (Lipinski definition) is 1. The van der Waals surface area contributed by atoms with E-state index in [-0.39, 0.29) is 6.04 Å². The van der Waals surface area contributed by atoms with Gasteiger partial charge in [-0.2, -0.15) is 13.2 Å². The number of nitrogens with one attached hydrogen (secondary N) is 1. The zero-order valence-electron chi connectivity index (χ0n) is 14.5. The second-order valence-electron chi connectivity index (χ2n) is 6.64. The molecular weight excluding hydrogens is 361 g/mol. The number of hydrogen-bond acceptors (Lipinski definition) is 5. The molecule has 1 aliphatic heterocycles. The molecule has 0 saturated carbocycles. The number of pyridine rings is 1. The predicted molar refractivity (Wildman–Crippen MR) is 93.2 cm³/mol. The van der Waals surface area contributed by atoms with Crippen LogP contribution in [-0.4, -0.2) is 63.1 Å². The van der Waals surface area contributed by atoms with E-state index in [2.05, 4.69) is 19.9 Å². The number of carbonyl (C=O) groups is 1. The van der Waals surface area contributed by atoms with Crippen molar-refractivity contribution in [2.24, 2.45) is 0 Å². The lowest BCUT2D eigenvalue weighted by atomic mass is 10.2. The fraction of sp³-hybridized carbons (Fsp3) is 0.412. The van der Waals surface area contributed by atoms with Crippen LogP contribution in [0.4, 0.5) is 19.0 Å². The van der Waals surface area contributed by atoms with Crippen LogP contribution >= 0.6 is 0 Å². The van der Waals surface area contributed by atoms with Crippen LogP contribution in [0.15, 0.2) is 24.8 Å². The highest BCUT2D eigenvalue weighted by molar-refractivity contribution is 6.08. The van der Waals surface area contributed by atoms with Crippen LogP contribution in [0.25, 0.3) is 21.9 Å². The van der Waals surface area contributed by atoms with Crippen LogP contribution in [-0.2, 0) is 4.79 Å². The Labute approximate surface area is 152 Å². The second kappa shape index (κ2) is 6.36. The molecule has 0 radical (unpaired) electrons. The van der Waals surface area contributed by atoms with Gasteiger partial charge in [0.1, 0.15) is 12.2 Å². The molecule has 0 aliphatic carbocycles. The highest BCUT2D eigenvalue weighted by Crippen LogP contribution is 2.32. The van der Waals surface area contributed by atoms with E-state index in [1.807, 2.05) is 11.0 Å². The van der Waals surface area contributed by atoms with E-state index in [0.717, 1.165) is 16.3 Å². The lowest BCUT2D eigenvalue weighted by Gasteiger charge is -2.26. The summed E-state index contributed by atoms with van der Waals surface area (Å²) >= 11 is 0. The zero-order chi connectivity index (χ0) is 19.2. The van der Waals surface area contributed by atoms with Gasteiger partial charge in [-0.25, -0.2) is 15.0 Å². The Bertz CT molecular complexity index is 1000. The largest absolute Gasteiger partial charge is 0.397 e. The van der Waals surface area contributed by atoms with Gasteiger partial charge in [-0.05, 0) is 12.5 Å². The van der Waals surface area contributed by atoms with Crippen LogP contribution in [0.1, 0.15) is 12.8 Å². The number of anilines is 1. The monoisotopic (exact) mass is 378 g/mol. The van der Waals surface area contributed by atoms with Gasteiger partial charge in [0.2, 0.25) is 5.91 Å². The van der Waals surface area contributed by atoms with Crippen LogP contribution in [0, 0.1) is 0 Å². The van der Waals surface area contributed by atoms with E-state index in [9.17, 15) is 18.0 Å². The first-order chi connectivity index (χ1) is 12.8. The molecule has 1 aliphatic rings. The topological polar surface area (TPSA) is 78.0 Å². The molecule has 1 saturated heterocycles. The van der Waals surface area contributed by atoms with Crippen molar-refractivity contribution in [2.45, 2.75) is 25.1 Å². The zero-order valence-corrected chi connectivity index (χ0v) is 14.5. The second-order valence-corrected chi connectivity index (χ2v) is 6.64. The van der Waals surface area contributed by atoms with Crippen LogP contribution in [0.2, 0.25) is 0 Å². The smallest absolute Gasteiger partial charge is 0.354 e. The summed E-state index contributed by atoms with van der Waals surface area (Å²) < 4.78 is 37.5. The van der Waals surface area contributed by atoms with Crippen molar-refractivity contribution in [3.05, 3.63) is 24.8 Å². The summed E-state index contributed by atoms with van der Waals surface area (Å²) in [6, 6.07) is 1.56. The van der Waals surface area contributed by atoms with Gasteiger partial charge in [0, 0.05) is 31.7 Å². The van der Waals surface area contributed by atoms with E-state index >= 15 is 0 Å². The molecule has 4 heterocycles. The molecule has 1 amide bonds. The van der Waals surface area contributed by atoms with Gasteiger partial charge in [0.05, 0.1) is 29.5 Å². The molecule has 0 spiro atoms. The van der Waals surface area contributed by atoms with E-state index < -0.39 is 18.5 Å². The number of fused-ring (bicyclic) bond motifs is 3. The summed E-state index contributed by atoms with van der Waals surface area (Å²) in [6.45, 7) is 1.02.